The van der Waals surface area contributed by atoms with E-state index >= 15 is 0 Å². The van der Waals surface area contributed by atoms with Gasteiger partial charge in [0.05, 0.1) is 12.2 Å². The van der Waals surface area contributed by atoms with Gasteiger partial charge in [-0.25, -0.2) is 9.97 Å². The van der Waals surface area contributed by atoms with Gasteiger partial charge in [0.2, 0.25) is 0 Å². The highest BCUT2D eigenvalue weighted by Crippen LogP contribution is 2.29. The van der Waals surface area contributed by atoms with E-state index in [1.54, 1.807) is 23.7 Å². The number of hydrogen-bond acceptors (Lipinski definition) is 5. The molecule has 0 bridgehead atoms. The van der Waals surface area contributed by atoms with Gasteiger partial charge in [-0.15, -0.1) is 11.3 Å². The zero-order valence-electron chi connectivity index (χ0n) is 10.7. The summed E-state index contributed by atoms with van der Waals surface area (Å²) < 4.78 is 0. The van der Waals surface area contributed by atoms with Crippen LogP contribution in [-0.2, 0) is 6.54 Å². The van der Waals surface area contributed by atoms with E-state index in [2.05, 4.69) is 20.3 Å². The zero-order chi connectivity index (χ0) is 13.9. The summed E-state index contributed by atoms with van der Waals surface area (Å²) in [5.41, 5.74) is 1.82. The Kier molecular flexibility index (Phi) is 3.62. The quantitative estimate of drug-likeness (QED) is 0.778. The van der Waals surface area contributed by atoms with E-state index in [1.165, 1.54) is 11.3 Å². The summed E-state index contributed by atoms with van der Waals surface area (Å²) in [6, 6.07) is 2.01. The maximum Gasteiger partial charge on any atom is 0.263 e. The summed E-state index contributed by atoms with van der Waals surface area (Å²) in [6.45, 7) is 2.24. The number of aromatic nitrogens is 3. The SMILES string of the molecule is Cc1nc(-c2ccsc2)sc1C(=O)NCc1ncc[nH]1. The minimum Gasteiger partial charge on any atom is -0.347 e. The number of amides is 1. The fourth-order valence-electron chi connectivity index (χ4n) is 1.76. The molecular weight excluding hydrogens is 292 g/mol. The Bertz CT molecular complexity index is 701. The van der Waals surface area contributed by atoms with Crippen LogP contribution in [0.2, 0.25) is 0 Å². The van der Waals surface area contributed by atoms with Crippen LogP contribution >= 0.6 is 22.7 Å². The molecule has 0 radical (unpaired) electrons. The molecule has 102 valence electrons. The van der Waals surface area contributed by atoms with Crippen molar-refractivity contribution in [1.29, 1.82) is 0 Å². The number of thiazole rings is 1. The lowest BCUT2D eigenvalue weighted by molar-refractivity contribution is 0.0953. The first kappa shape index (κ1) is 13.0. The Morgan fingerprint density at radius 2 is 2.40 bits per heavy atom. The number of hydrogen-bond donors (Lipinski definition) is 2. The summed E-state index contributed by atoms with van der Waals surface area (Å²) in [4.78, 5) is 24.3. The van der Waals surface area contributed by atoms with Crippen LogP contribution in [0.15, 0.2) is 29.2 Å². The van der Waals surface area contributed by atoms with Gasteiger partial charge in [-0.1, -0.05) is 0 Å². The van der Waals surface area contributed by atoms with Crippen molar-refractivity contribution in [3.63, 3.8) is 0 Å². The second-order valence-electron chi connectivity index (χ2n) is 4.16. The summed E-state index contributed by atoms with van der Waals surface area (Å²) in [5, 5.41) is 7.76. The molecule has 5 nitrogen and oxygen atoms in total. The topological polar surface area (TPSA) is 70.7 Å². The number of nitrogens with one attached hydrogen (secondary N) is 2. The lowest BCUT2D eigenvalue weighted by Gasteiger charge is -2.01. The second kappa shape index (κ2) is 5.56. The second-order valence-corrected chi connectivity index (χ2v) is 5.94. The van der Waals surface area contributed by atoms with E-state index < -0.39 is 0 Å². The van der Waals surface area contributed by atoms with Crippen LogP contribution in [0.25, 0.3) is 10.6 Å². The van der Waals surface area contributed by atoms with Crippen molar-refractivity contribution in [2.75, 3.05) is 0 Å². The van der Waals surface area contributed by atoms with Crippen LogP contribution in [-0.4, -0.2) is 20.9 Å². The van der Waals surface area contributed by atoms with E-state index in [1.807, 2.05) is 23.8 Å². The van der Waals surface area contributed by atoms with Crippen LogP contribution in [0.5, 0.6) is 0 Å². The molecule has 3 aromatic rings. The Hall–Kier alpha value is -1.99. The van der Waals surface area contributed by atoms with Gasteiger partial charge in [0.15, 0.2) is 0 Å². The average molecular weight is 304 g/mol. The highest BCUT2D eigenvalue weighted by atomic mass is 32.1. The molecule has 0 spiro atoms. The molecule has 2 N–H and O–H groups in total. The highest BCUT2D eigenvalue weighted by molar-refractivity contribution is 7.17. The molecule has 3 rings (SSSR count). The molecule has 20 heavy (non-hydrogen) atoms. The predicted molar refractivity (Wildman–Crippen MR) is 79.9 cm³/mol. The van der Waals surface area contributed by atoms with Gasteiger partial charge in [-0.05, 0) is 18.4 Å². The van der Waals surface area contributed by atoms with Crippen molar-refractivity contribution in [3.8, 4) is 10.6 Å². The molecule has 1 amide bonds. The van der Waals surface area contributed by atoms with Crippen molar-refractivity contribution < 1.29 is 4.79 Å². The number of nitrogens with zero attached hydrogens (tertiary/aromatic N) is 2. The average Bonchev–Trinajstić information content (AvgIpc) is 3.17. The number of carbonyl (C=O) groups excluding carboxylic acids is 1. The molecule has 7 heteroatoms. The third kappa shape index (κ3) is 2.63. The molecule has 0 aliphatic carbocycles. The maximum atomic E-state index is 12.2. The van der Waals surface area contributed by atoms with Gasteiger partial charge in [0, 0.05) is 23.3 Å². The zero-order valence-corrected chi connectivity index (χ0v) is 12.3. The van der Waals surface area contributed by atoms with Gasteiger partial charge >= 0.3 is 0 Å². The van der Waals surface area contributed by atoms with Gasteiger partial charge in [0.25, 0.3) is 5.91 Å². The standard InChI is InChI=1S/C13H12N4OS2/c1-8-11(12(18)16-6-10-14-3-4-15-10)20-13(17-8)9-2-5-19-7-9/h2-5,7H,6H2,1H3,(H,14,15)(H,16,18). The van der Waals surface area contributed by atoms with Crippen molar-refractivity contribution in [1.82, 2.24) is 20.3 Å². The van der Waals surface area contributed by atoms with Crippen molar-refractivity contribution in [3.05, 3.63) is 45.6 Å². The molecule has 0 aliphatic heterocycles. The maximum absolute atomic E-state index is 12.2. The first-order valence-electron chi connectivity index (χ1n) is 6.00. The molecular formula is C13H12N4OS2. The number of rotatable bonds is 4. The number of aromatic amines is 1. The van der Waals surface area contributed by atoms with Gasteiger partial charge < -0.3 is 10.3 Å². The van der Waals surface area contributed by atoms with E-state index in [9.17, 15) is 4.79 Å². The first-order chi connectivity index (χ1) is 9.74. The molecule has 3 heterocycles. The monoisotopic (exact) mass is 304 g/mol. The fraction of sp³-hybridized carbons (Fsp3) is 0.154. The lowest BCUT2D eigenvalue weighted by atomic mass is 10.3. The van der Waals surface area contributed by atoms with Crippen LogP contribution in [0.1, 0.15) is 21.2 Å². The number of H-pyrrole nitrogens is 1. The Labute approximate surface area is 123 Å². The van der Waals surface area contributed by atoms with Crippen molar-refractivity contribution in [2.45, 2.75) is 13.5 Å². The fourth-order valence-corrected chi connectivity index (χ4v) is 3.45. The lowest BCUT2D eigenvalue weighted by Crippen LogP contribution is -2.23. The normalized spacial score (nSPS) is 10.7. The third-order valence-corrected chi connectivity index (χ3v) is 4.63. The molecule has 0 saturated carbocycles. The Morgan fingerprint density at radius 1 is 1.50 bits per heavy atom. The summed E-state index contributed by atoms with van der Waals surface area (Å²) in [5.74, 6) is 0.622. The summed E-state index contributed by atoms with van der Waals surface area (Å²) in [6.07, 6.45) is 3.39. The molecule has 0 unspecified atom stereocenters. The molecule has 0 saturated heterocycles. The molecule has 0 aliphatic rings. The molecule has 0 atom stereocenters. The van der Waals surface area contributed by atoms with Crippen LogP contribution < -0.4 is 5.32 Å². The molecule has 0 aromatic carbocycles. The number of carbonyl (C=O) groups is 1. The van der Waals surface area contributed by atoms with Gasteiger partial charge in [0.1, 0.15) is 15.7 Å². The van der Waals surface area contributed by atoms with Gasteiger partial charge in [-0.3, -0.25) is 4.79 Å². The molecule has 0 fully saturated rings. The van der Waals surface area contributed by atoms with E-state index in [-0.39, 0.29) is 5.91 Å². The highest BCUT2D eigenvalue weighted by Gasteiger charge is 2.16. The molecule has 3 aromatic heterocycles. The minimum absolute atomic E-state index is 0.113. The van der Waals surface area contributed by atoms with Crippen LogP contribution in [0.4, 0.5) is 0 Å². The summed E-state index contributed by atoms with van der Waals surface area (Å²) in [7, 11) is 0. The third-order valence-electron chi connectivity index (χ3n) is 2.74. The number of imidazole rings is 1. The smallest absolute Gasteiger partial charge is 0.263 e. The largest absolute Gasteiger partial charge is 0.347 e. The van der Waals surface area contributed by atoms with E-state index in [0.29, 0.717) is 11.4 Å². The summed E-state index contributed by atoms with van der Waals surface area (Å²) >= 11 is 3.04. The first-order valence-corrected chi connectivity index (χ1v) is 7.76. The Morgan fingerprint density at radius 3 is 3.10 bits per heavy atom. The number of thiophene rings is 1. The van der Waals surface area contributed by atoms with Crippen molar-refractivity contribution in [2.24, 2.45) is 0 Å². The van der Waals surface area contributed by atoms with E-state index in [4.69, 9.17) is 0 Å². The van der Waals surface area contributed by atoms with Crippen LogP contribution in [0, 0.1) is 6.92 Å². The van der Waals surface area contributed by atoms with Gasteiger partial charge in [-0.2, -0.15) is 11.3 Å². The van der Waals surface area contributed by atoms with E-state index in [0.717, 1.165) is 22.1 Å². The Balaban J connectivity index is 1.75. The van der Waals surface area contributed by atoms with Crippen LogP contribution in [0.3, 0.4) is 0 Å². The minimum atomic E-state index is -0.113. The predicted octanol–water partition coefficient (Wildman–Crippen LogP) is 2.83. The van der Waals surface area contributed by atoms with Crippen molar-refractivity contribution >= 4 is 28.6 Å². The number of aryl methyl sites for hydroxylation is 1.